The summed E-state index contributed by atoms with van der Waals surface area (Å²) in [5.41, 5.74) is 2.31. The summed E-state index contributed by atoms with van der Waals surface area (Å²) < 4.78 is 0. The van der Waals surface area contributed by atoms with Crippen LogP contribution >= 0.6 is 11.3 Å². The van der Waals surface area contributed by atoms with Gasteiger partial charge in [0.25, 0.3) is 5.91 Å². The van der Waals surface area contributed by atoms with Gasteiger partial charge in [-0.05, 0) is 61.5 Å². The molecule has 0 N–H and O–H groups in total. The Hall–Kier alpha value is -1.72. The molecule has 0 unspecified atom stereocenters. The van der Waals surface area contributed by atoms with Crippen molar-refractivity contribution in [3.8, 4) is 0 Å². The van der Waals surface area contributed by atoms with E-state index in [0.717, 1.165) is 30.0 Å². The number of likely N-dealkylation sites (tertiary alicyclic amines) is 1. The molecule has 1 aliphatic heterocycles. The van der Waals surface area contributed by atoms with Gasteiger partial charge in [0.05, 0.1) is 4.88 Å². The molecule has 23 heavy (non-hydrogen) atoms. The molecule has 2 atom stereocenters. The van der Waals surface area contributed by atoms with Gasteiger partial charge >= 0.3 is 0 Å². The molecule has 0 radical (unpaired) electrons. The lowest BCUT2D eigenvalue weighted by molar-refractivity contribution is 0.0765. The first-order valence-corrected chi connectivity index (χ1v) is 8.85. The molecular formula is C18H23N3OS. The molecule has 2 aromatic heterocycles. The van der Waals surface area contributed by atoms with Gasteiger partial charge in [0, 0.05) is 32.0 Å². The van der Waals surface area contributed by atoms with E-state index < -0.39 is 0 Å². The second-order valence-electron chi connectivity index (χ2n) is 6.38. The lowest BCUT2D eigenvalue weighted by Crippen LogP contribution is -2.34. The van der Waals surface area contributed by atoms with Gasteiger partial charge in [0.1, 0.15) is 0 Å². The van der Waals surface area contributed by atoms with E-state index in [-0.39, 0.29) is 5.91 Å². The summed E-state index contributed by atoms with van der Waals surface area (Å²) in [7, 11) is 4.07. The molecule has 0 aliphatic carbocycles. The Morgan fingerprint density at radius 3 is 2.96 bits per heavy atom. The molecule has 122 valence electrons. The van der Waals surface area contributed by atoms with E-state index in [2.05, 4.69) is 23.0 Å². The third-order valence-electron chi connectivity index (χ3n) is 4.71. The molecule has 0 bridgehead atoms. The number of nitrogens with zero attached hydrogens (tertiary/aromatic N) is 3. The summed E-state index contributed by atoms with van der Waals surface area (Å²) >= 11 is 1.53. The fourth-order valence-corrected chi connectivity index (χ4v) is 4.41. The summed E-state index contributed by atoms with van der Waals surface area (Å²) in [4.78, 5) is 22.0. The van der Waals surface area contributed by atoms with Gasteiger partial charge in [0.2, 0.25) is 0 Å². The van der Waals surface area contributed by atoms with Crippen LogP contribution < -0.4 is 0 Å². The summed E-state index contributed by atoms with van der Waals surface area (Å²) in [6.45, 7) is 3.84. The Kier molecular flexibility index (Phi) is 4.78. The average molecular weight is 329 g/mol. The van der Waals surface area contributed by atoms with Crippen LogP contribution in [0.1, 0.15) is 33.3 Å². The van der Waals surface area contributed by atoms with Gasteiger partial charge in [-0.1, -0.05) is 6.07 Å². The van der Waals surface area contributed by atoms with Crippen molar-refractivity contribution < 1.29 is 4.79 Å². The Balaban J connectivity index is 1.74. The van der Waals surface area contributed by atoms with Crippen LogP contribution in [0.2, 0.25) is 0 Å². The van der Waals surface area contributed by atoms with Crippen molar-refractivity contribution >= 4 is 17.2 Å². The first-order chi connectivity index (χ1) is 11.1. The van der Waals surface area contributed by atoms with Crippen LogP contribution in [0.5, 0.6) is 0 Å². The van der Waals surface area contributed by atoms with Gasteiger partial charge in [-0.15, -0.1) is 11.3 Å². The lowest BCUT2D eigenvalue weighted by atomic mass is 9.94. The Bertz CT molecular complexity index is 670. The third-order valence-corrected chi connectivity index (χ3v) is 5.72. The largest absolute Gasteiger partial charge is 0.341 e. The standard InChI is InChI=1S/C18H23N3OS/c1-13-7-10-23-17(13)18(22)21(3)12-15-6-9-20(2)16(15)14-5-4-8-19-11-14/h4-5,7-8,10-11,15-16H,6,9,12H2,1-3H3/t15-,16-/m0/s1. The summed E-state index contributed by atoms with van der Waals surface area (Å²) in [5, 5.41) is 1.98. The van der Waals surface area contributed by atoms with E-state index in [0.29, 0.717) is 12.0 Å². The van der Waals surface area contributed by atoms with Crippen LogP contribution in [0.25, 0.3) is 0 Å². The molecule has 3 rings (SSSR count). The van der Waals surface area contributed by atoms with Crippen molar-refractivity contribution in [2.45, 2.75) is 19.4 Å². The molecule has 4 nitrogen and oxygen atoms in total. The first-order valence-electron chi connectivity index (χ1n) is 7.97. The molecule has 0 saturated carbocycles. The number of rotatable bonds is 4. The second kappa shape index (κ2) is 6.81. The molecule has 1 amide bonds. The zero-order chi connectivity index (χ0) is 16.4. The highest BCUT2D eigenvalue weighted by atomic mass is 32.1. The number of amides is 1. The second-order valence-corrected chi connectivity index (χ2v) is 7.30. The van der Waals surface area contributed by atoms with Gasteiger partial charge < -0.3 is 4.90 Å². The number of aromatic nitrogens is 1. The van der Waals surface area contributed by atoms with Crippen molar-refractivity contribution in [1.29, 1.82) is 0 Å². The number of pyridine rings is 1. The number of thiophene rings is 1. The number of hydrogen-bond acceptors (Lipinski definition) is 4. The maximum Gasteiger partial charge on any atom is 0.263 e. The zero-order valence-corrected chi connectivity index (χ0v) is 14.7. The predicted octanol–water partition coefficient (Wildman–Crippen LogP) is 3.22. The van der Waals surface area contributed by atoms with Crippen molar-refractivity contribution in [3.05, 3.63) is 52.0 Å². The van der Waals surface area contributed by atoms with Crippen molar-refractivity contribution in [2.75, 3.05) is 27.2 Å². The highest BCUT2D eigenvalue weighted by molar-refractivity contribution is 7.12. The van der Waals surface area contributed by atoms with E-state index in [9.17, 15) is 4.79 Å². The number of hydrogen-bond donors (Lipinski definition) is 0. The van der Waals surface area contributed by atoms with Gasteiger partial charge in [-0.2, -0.15) is 0 Å². The molecule has 1 aliphatic rings. The Labute approximate surface area is 141 Å². The minimum atomic E-state index is 0.136. The predicted molar refractivity (Wildman–Crippen MR) is 93.7 cm³/mol. The van der Waals surface area contributed by atoms with Crippen LogP contribution in [-0.2, 0) is 0 Å². The van der Waals surface area contributed by atoms with Gasteiger partial charge in [-0.3, -0.25) is 14.7 Å². The van der Waals surface area contributed by atoms with Crippen molar-refractivity contribution in [1.82, 2.24) is 14.8 Å². The smallest absolute Gasteiger partial charge is 0.263 e. The average Bonchev–Trinajstić information content (AvgIpc) is 3.13. The SMILES string of the molecule is Cc1ccsc1C(=O)N(C)C[C@@H]1CCN(C)[C@H]1c1cccnc1. The van der Waals surface area contributed by atoms with Crippen LogP contribution in [0, 0.1) is 12.8 Å². The van der Waals surface area contributed by atoms with E-state index in [1.54, 1.807) is 0 Å². The van der Waals surface area contributed by atoms with E-state index in [4.69, 9.17) is 0 Å². The van der Waals surface area contributed by atoms with Crippen LogP contribution in [0.15, 0.2) is 36.0 Å². The molecule has 1 fully saturated rings. The zero-order valence-electron chi connectivity index (χ0n) is 13.9. The number of aryl methyl sites for hydroxylation is 1. The molecule has 2 aromatic rings. The topological polar surface area (TPSA) is 36.4 Å². The van der Waals surface area contributed by atoms with Crippen molar-refractivity contribution in [2.24, 2.45) is 5.92 Å². The Morgan fingerprint density at radius 1 is 1.48 bits per heavy atom. The molecule has 0 aromatic carbocycles. The molecule has 0 spiro atoms. The maximum absolute atomic E-state index is 12.6. The van der Waals surface area contributed by atoms with Gasteiger partial charge in [0.15, 0.2) is 0 Å². The Morgan fingerprint density at radius 2 is 2.30 bits per heavy atom. The van der Waals surface area contributed by atoms with E-state index >= 15 is 0 Å². The summed E-state index contributed by atoms with van der Waals surface area (Å²) in [5.74, 6) is 0.579. The highest BCUT2D eigenvalue weighted by Gasteiger charge is 2.34. The van der Waals surface area contributed by atoms with Gasteiger partial charge in [-0.25, -0.2) is 0 Å². The van der Waals surface area contributed by atoms with E-state index in [1.807, 2.05) is 48.8 Å². The molecule has 1 saturated heterocycles. The number of carbonyl (C=O) groups is 1. The van der Waals surface area contributed by atoms with E-state index in [1.165, 1.54) is 16.9 Å². The minimum Gasteiger partial charge on any atom is -0.341 e. The third kappa shape index (κ3) is 3.31. The maximum atomic E-state index is 12.6. The molecule has 3 heterocycles. The van der Waals surface area contributed by atoms with Crippen LogP contribution in [0.4, 0.5) is 0 Å². The van der Waals surface area contributed by atoms with Crippen LogP contribution in [-0.4, -0.2) is 47.9 Å². The fourth-order valence-electron chi connectivity index (χ4n) is 3.49. The summed E-state index contributed by atoms with van der Waals surface area (Å²) in [6, 6.07) is 6.47. The fraction of sp³-hybridized carbons (Fsp3) is 0.444. The lowest BCUT2D eigenvalue weighted by Gasteiger charge is -2.28. The summed E-state index contributed by atoms with van der Waals surface area (Å²) in [6.07, 6.45) is 4.87. The number of carbonyl (C=O) groups excluding carboxylic acids is 1. The monoisotopic (exact) mass is 329 g/mol. The first kappa shape index (κ1) is 16.1. The van der Waals surface area contributed by atoms with Crippen molar-refractivity contribution in [3.63, 3.8) is 0 Å². The quantitative estimate of drug-likeness (QED) is 0.864. The highest BCUT2D eigenvalue weighted by Crippen LogP contribution is 2.36. The normalized spacial score (nSPS) is 21.5. The minimum absolute atomic E-state index is 0.136. The molecular weight excluding hydrogens is 306 g/mol. The van der Waals surface area contributed by atoms with Crippen LogP contribution in [0.3, 0.4) is 0 Å². The molecule has 5 heteroatoms.